The van der Waals surface area contributed by atoms with E-state index in [1.165, 1.54) is 41.0 Å². The molecular formula is C17H10Br2S. The minimum absolute atomic E-state index is 0.875. The number of thiophene rings is 1. The van der Waals surface area contributed by atoms with Crippen LogP contribution in [0, 0.1) is 0 Å². The van der Waals surface area contributed by atoms with Gasteiger partial charge in [-0.25, -0.2) is 0 Å². The van der Waals surface area contributed by atoms with Crippen molar-refractivity contribution in [2.45, 2.75) is 5.33 Å². The van der Waals surface area contributed by atoms with E-state index in [4.69, 9.17) is 0 Å². The van der Waals surface area contributed by atoms with Crippen LogP contribution in [0.5, 0.6) is 0 Å². The Bertz CT molecular complexity index is 953. The molecule has 3 aromatic carbocycles. The van der Waals surface area contributed by atoms with Crippen molar-refractivity contribution in [3.63, 3.8) is 0 Å². The monoisotopic (exact) mass is 404 g/mol. The number of benzene rings is 3. The molecule has 0 aliphatic rings. The van der Waals surface area contributed by atoms with E-state index in [9.17, 15) is 0 Å². The molecule has 0 saturated heterocycles. The maximum absolute atomic E-state index is 3.69. The smallest absolute Gasteiger partial charge is 0.0751 e. The molecule has 98 valence electrons. The van der Waals surface area contributed by atoms with E-state index >= 15 is 0 Å². The third kappa shape index (κ3) is 1.77. The highest BCUT2D eigenvalue weighted by molar-refractivity contribution is 9.11. The van der Waals surface area contributed by atoms with Crippen LogP contribution in [0.4, 0.5) is 0 Å². The molecule has 3 heteroatoms. The van der Waals surface area contributed by atoms with Gasteiger partial charge in [0.05, 0.1) is 3.79 Å². The fourth-order valence-corrected chi connectivity index (χ4v) is 5.79. The van der Waals surface area contributed by atoms with Gasteiger partial charge in [0.25, 0.3) is 0 Å². The van der Waals surface area contributed by atoms with Gasteiger partial charge in [-0.3, -0.25) is 0 Å². The van der Waals surface area contributed by atoms with E-state index in [0.717, 1.165) is 5.33 Å². The molecule has 0 saturated carbocycles. The second kappa shape index (κ2) is 4.83. The van der Waals surface area contributed by atoms with E-state index < -0.39 is 0 Å². The second-order valence-electron chi connectivity index (χ2n) is 4.81. The summed E-state index contributed by atoms with van der Waals surface area (Å²) in [5.41, 5.74) is 1.35. The number of fused-ring (bicyclic) bond motifs is 5. The Hall–Kier alpha value is -0.900. The van der Waals surface area contributed by atoms with E-state index in [1.54, 1.807) is 0 Å². The lowest BCUT2D eigenvalue weighted by atomic mass is 9.98. The third-order valence-corrected chi connectivity index (χ3v) is 6.27. The quantitative estimate of drug-likeness (QED) is 0.239. The van der Waals surface area contributed by atoms with E-state index in [-0.39, 0.29) is 0 Å². The highest BCUT2D eigenvalue weighted by Gasteiger charge is 2.13. The summed E-state index contributed by atoms with van der Waals surface area (Å²) >= 11 is 9.12. The van der Waals surface area contributed by atoms with Gasteiger partial charge >= 0.3 is 0 Å². The van der Waals surface area contributed by atoms with Gasteiger partial charge in [-0.05, 0) is 49.1 Å². The molecule has 0 N–H and O–H groups in total. The van der Waals surface area contributed by atoms with Crippen molar-refractivity contribution in [1.82, 2.24) is 0 Å². The molecule has 0 amide bonds. The van der Waals surface area contributed by atoms with Crippen molar-refractivity contribution in [2.75, 3.05) is 0 Å². The van der Waals surface area contributed by atoms with Crippen LogP contribution < -0.4 is 0 Å². The number of rotatable bonds is 1. The first-order chi connectivity index (χ1) is 9.79. The van der Waals surface area contributed by atoms with Crippen LogP contribution >= 0.6 is 43.2 Å². The van der Waals surface area contributed by atoms with Crippen LogP contribution in [0.15, 0.2) is 52.3 Å². The molecule has 1 heterocycles. The summed E-state index contributed by atoms with van der Waals surface area (Å²) < 4.78 is 2.57. The Balaban J connectivity index is 2.28. The molecule has 0 aliphatic heterocycles. The normalized spacial score (nSPS) is 11.7. The highest BCUT2D eigenvalue weighted by Crippen LogP contribution is 2.41. The summed E-state index contributed by atoms with van der Waals surface area (Å²) in [5, 5.41) is 7.56. The molecular weight excluding hydrogens is 396 g/mol. The molecule has 0 spiro atoms. The molecule has 4 rings (SSSR count). The van der Waals surface area contributed by atoms with Crippen molar-refractivity contribution in [2.24, 2.45) is 0 Å². The van der Waals surface area contributed by atoms with Crippen molar-refractivity contribution in [3.05, 3.63) is 57.9 Å². The maximum atomic E-state index is 3.69. The van der Waals surface area contributed by atoms with Crippen molar-refractivity contribution < 1.29 is 0 Å². The number of halogens is 2. The molecule has 0 radical (unpaired) electrons. The van der Waals surface area contributed by atoms with Gasteiger partial charge in [-0.2, -0.15) is 0 Å². The zero-order chi connectivity index (χ0) is 13.7. The second-order valence-corrected chi connectivity index (χ2v) is 7.74. The van der Waals surface area contributed by atoms with Gasteiger partial charge in [0.1, 0.15) is 0 Å². The Morgan fingerprint density at radius 3 is 2.50 bits per heavy atom. The number of hydrogen-bond acceptors (Lipinski definition) is 1. The van der Waals surface area contributed by atoms with Crippen LogP contribution in [0.1, 0.15) is 5.56 Å². The van der Waals surface area contributed by atoms with Crippen LogP contribution in [0.25, 0.3) is 31.6 Å². The maximum Gasteiger partial charge on any atom is 0.0751 e. The standard InChI is InChI=1S/C17H10Br2S/c18-9-14-16-13-6-5-10-3-1-2-4-11(10)12(13)7-8-15(16)20-17(14)19/h1-8H,9H2. The summed E-state index contributed by atoms with van der Waals surface area (Å²) in [6.45, 7) is 0. The first-order valence-electron chi connectivity index (χ1n) is 6.37. The fourth-order valence-electron chi connectivity index (χ4n) is 2.84. The van der Waals surface area contributed by atoms with E-state index in [0.29, 0.717) is 0 Å². The van der Waals surface area contributed by atoms with Gasteiger partial charge in [0, 0.05) is 15.4 Å². The van der Waals surface area contributed by atoms with Crippen LogP contribution in [-0.2, 0) is 5.33 Å². The Labute approximate surface area is 137 Å². The summed E-state index contributed by atoms with van der Waals surface area (Å²) in [5.74, 6) is 0. The Morgan fingerprint density at radius 1 is 0.850 bits per heavy atom. The third-order valence-electron chi connectivity index (χ3n) is 3.76. The molecule has 0 unspecified atom stereocenters. The Morgan fingerprint density at radius 2 is 1.65 bits per heavy atom. The van der Waals surface area contributed by atoms with Gasteiger partial charge in [0.2, 0.25) is 0 Å². The summed E-state index contributed by atoms with van der Waals surface area (Å²) in [6.07, 6.45) is 0. The molecule has 0 fully saturated rings. The predicted octanol–water partition coefficient (Wildman–Crippen LogP) is 6.87. The van der Waals surface area contributed by atoms with Crippen LogP contribution in [-0.4, -0.2) is 0 Å². The fraction of sp³-hybridized carbons (Fsp3) is 0.0588. The molecule has 0 bridgehead atoms. The Kier molecular flexibility index (Phi) is 3.09. The van der Waals surface area contributed by atoms with Crippen LogP contribution in [0.3, 0.4) is 0 Å². The van der Waals surface area contributed by atoms with Crippen LogP contribution in [0.2, 0.25) is 0 Å². The van der Waals surface area contributed by atoms with Gasteiger partial charge in [0.15, 0.2) is 0 Å². The molecule has 0 atom stereocenters. The number of hydrogen-bond donors (Lipinski definition) is 0. The zero-order valence-electron chi connectivity index (χ0n) is 10.5. The van der Waals surface area contributed by atoms with Gasteiger partial charge in [-0.15, -0.1) is 11.3 Å². The van der Waals surface area contributed by atoms with Crippen molar-refractivity contribution in [1.29, 1.82) is 0 Å². The van der Waals surface area contributed by atoms with Gasteiger partial charge < -0.3 is 0 Å². The summed E-state index contributed by atoms with van der Waals surface area (Å²) in [4.78, 5) is 0. The summed E-state index contributed by atoms with van der Waals surface area (Å²) in [7, 11) is 0. The zero-order valence-corrected chi connectivity index (χ0v) is 14.5. The van der Waals surface area contributed by atoms with E-state index in [2.05, 4.69) is 80.4 Å². The lowest BCUT2D eigenvalue weighted by molar-refractivity contribution is 1.53. The largest absolute Gasteiger partial charge is 0.128 e. The topological polar surface area (TPSA) is 0 Å². The molecule has 0 aliphatic carbocycles. The lowest BCUT2D eigenvalue weighted by Crippen LogP contribution is -1.81. The summed E-state index contributed by atoms with van der Waals surface area (Å²) in [6, 6.07) is 17.6. The predicted molar refractivity (Wildman–Crippen MR) is 97.2 cm³/mol. The SMILES string of the molecule is BrCc1c(Br)sc2ccc3c4ccccc4ccc3c12. The first-order valence-corrected chi connectivity index (χ1v) is 9.10. The molecule has 1 aromatic heterocycles. The average Bonchev–Trinajstić information content (AvgIpc) is 2.82. The average molecular weight is 406 g/mol. The molecule has 20 heavy (non-hydrogen) atoms. The minimum Gasteiger partial charge on any atom is -0.128 e. The van der Waals surface area contributed by atoms with Crippen molar-refractivity contribution in [3.8, 4) is 0 Å². The molecule has 4 aromatic rings. The van der Waals surface area contributed by atoms with Crippen molar-refractivity contribution >= 4 is 74.8 Å². The first kappa shape index (κ1) is 12.8. The minimum atomic E-state index is 0.875. The molecule has 0 nitrogen and oxygen atoms in total. The number of alkyl halides is 1. The highest BCUT2D eigenvalue weighted by atomic mass is 79.9. The lowest BCUT2D eigenvalue weighted by Gasteiger charge is -2.06. The van der Waals surface area contributed by atoms with Gasteiger partial charge in [-0.1, -0.05) is 58.4 Å². The van der Waals surface area contributed by atoms with E-state index in [1.807, 2.05) is 11.3 Å².